The molecule has 0 atom stereocenters. The zero-order chi connectivity index (χ0) is 13.1. The highest BCUT2D eigenvalue weighted by Gasteiger charge is 2.08. The van der Waals surface area contributed by atoms with Gasteiger partial charge in [-0.25, -0.2) is 9.78 Å². The predicted octanol–water partition coefficient (Wildman–Crippen LogP) is 3.06. The molecule has 0 bridgehead atoms. The van der Waals surface area contributed by atoms with Crippen LogP contribution >= 0.6 is 15.9 Å². The number of pyridine rings is 1. The summed E-state index contributed by atoms with van der Waals surface area (Å²) in [5, 5.41) is 11.9. The number of aromatic carboxylic acids is 1. The second-order valence-electron chi connectivity index (χ2n) is 3.79. The summed E-state index contributed by atoms with van der Waals surface area (Å²) < 4.78 is 5.93. The Hall–Kier alpha value is -1.82. The van der Waals surface area contributed by atoms with E-state index in [0.29, 0.717) is 12.3 Å². The summed E-state index contributed by atoms with van der Waals surface area (Å²) in [6, 6.07) is 3.44. The van der Waals surface area contributed by atoms with Crippen molar-refractivity contribution >= 4 is 27.6 Å². The number of rotatable bonds is 4. The van der Waals surface area contributed by atoms with Crippen LogP contribution in [0.2, 0.25) is 0 Å². The molecule has 0 aliphatic heterocycles. The number of carboxylic acid groups (broad SMARTS) is 1. The van der Waals surface area contributed by atoms with E-state index in [0.717, 1.165) is 15.9 Å². The van der Waals surface area contributed by atoms with Crippen molar-refractivity contribution in [1.29, 1.82) is 0 Å². The Morgan fingerprint density at radius 3 is 2.94 bits per heavy atom. The van der Waals surface area contributed by atoms with E-state index in [9.17, 15) is 4.79 Å². The molecule has 2 aromatic heterocycles. The summed E-state index contributed by atoms with van der Waals surface area (Å²) in [5.74, 6) is -0.431. The SMILES string of the molecule is Cc1cc(NCc2cc(C(=O)O)co2)cnc1Br. The van der Waals surface area contributed by atoms with Crippen molar-refractivity contribution < 1.29 is 14.3 Å². The highest BCUT2D eigenvalue weighted by Crippen LogP contribution is 2.17. The maximum Gasteiger partial charge on any atom is 0.338 e. The predicted molar refractivity (Wildman–Crippen MR) is 69.7 cm³/mol. The first-order valence-electron chi connectivity index (χ1n) is 5.23. The van der Waals surface area contributed by atoms with E-state index in [-0.39, 0.29) is 5.56 Å². The highest BCUT2D eigenvalue weighted by molar-refractivity contribution is 9.10. The van der Waals surface area contributed by atoms with E-state index in [4.69, 9.17) is 9.52 Å². The molecule has 2 aromatic rings. The Morgan fingerprint density at radius 2 is 2.33 bits per heavy atom. The summed E-state index contributed by atoms with van der Waals surface area (Å²) in [7, 11) is 0. The monoisotopic (exact) mass is 310 g/mol. The van der Waals surface area contributed by atoms with Gasteiger partial charge < -0.3 is 14.8 Å². The minimum Gasteiger partial charge on any atom is -0.478 e. The Balaban J connectivity index is 2.02. The number of carboxylic acids is 1. The van der Waals surface area contributed by atoms with Gasteiger partial charge in [-0.3, -0.25) is 0 Å². The number of nitrogens with one attached hydrogen (secondary N) is 1. The Labute approximate surface area is 112 Å². The molecule has 2 N–H and O–H groups in total. The first kappa shape index (κ1) is 12.6. The number of aryl methyl sites for hydroxylation is 1. The molecular weight excluding hydrogens is 300 g/mol. The second-order valence-corrected chi connectivity index (χ2v) is 4.54. The molecule has 2 heterocycles. The van der Waals surface area contributed by atoms with E-state index in [1.165, 1.54) is 12.3 Å². The molecule has 0 unspecified atom stereocenters. The van der Waals surface area contributed by atoms with Crippen molar-refractivity contribution in [1.82, 2.24) is 4.98 Å². The van der Waals surface area contributed by atoms with Crippen LogP contribution in [0.5, 0.6) is 0 Å². The van der Waals surface area contributed by atoms with Gasteiger partial charge in [0.2, 0.25) is 0 Å². The number of anilines is 1. The van der Waals surface area contributed by atoms with Crippen molar-refractivity contribution in [3.8, 4) is 0 Å². The van der Waals surface area contributed by atoms with Gasteiger partial charge in [0.05, 0.1) is 24.0 Å². The molecule has 94 valence electrons. The fourth-order valence-electron chi connectivity index (χ4n) is 1.43. The van der Waals surface area contributed by atoms with Gasteiger partial charge in [0.1, 0.15) is 16.6 Å². The lowest BCUT2D eigenvalue weighted by Gasteiger charge is -2.05. The summed E-state index contributed by atoms with van der Waals surface area (Å²) in [6.07, 6.45) is 2.92. The first-order chi connectivity index (χ1) is 8.56. The maximum absolute atomic E-state index is 10.7. The fourth-order valence-corrected chi connectivity index (χ4v) is 1.65. The molecule has 6 heteroatoms. The average molecular weight is 311 g/mol. The molecule has 0 saturated carbocycles. The summed E-state index contributed by atoms with van der Waals surface area (Å²) in [5.41, 5.74) is 2.02. The van der Waals surface area contributed by atoms with Crippen LogP contribution in [0.4, 0.5) is 5.69 Å². The van der Waals surface area contributed by atoms with Gasteiger partial charge in [-0.2, -0.15) is 0 Å². The Kier molecular flexibility index (Phi) is 3.66. The molecule has 0 saturated heterocycles. The summed E-state index contributed by atoms with van der Waals surface area (Å²) in [4.78, 5) is 14.8. The fraction of sp³-hybridized carbons (Fsp3) is 0.167. The van der Waals surface area contributed by atoms with Gasteiger partial charge >= 0.3 is 5.97 Å². The Bertz CT molecular complexity index is 580. The van der Waals surface area contributed by atoms with Crippen LogP contribution in [-0.4, -0.2) is 16.1 Å². The van der Waals surface area contributed by atoms with Gasteiger partial charge in [0.25, 0.3) is 0 Å². The van der Waals surface area contributed by atoms with Crippen molar-refractivity contribution in [2.24, 2.45) is 0 Å². The zero-order valence-electron chi connectivity index (χ0n) is 9.61. The largest absolute Gasteiger partial charge is 0.478 e. The van der Waals surface area contributed by atoms with Crippen LogP contribution in [0.15, 0.2) is 33.6 Å². The van der Waals surface area contributed by atoms with Crippen molar-refractivity contribution in [2.75, 3.05) is 5.32 Å². The summed E-state index contributed by atoms with van der Waals surface area (Å²) >= 11 is 3.32. The van der Waals surface area contributed by atoms with Gasteiger partial charge in [-0.1, -0.05) is 0 Å². The maximum atomic E-state index is 10.7. The lowest BCUT2D eigenvalue weighted by Crippen LogP contribution is -1.99. The molecular formula is C12H11BrN2O3. The molecule has 0 aromatic carbocycles. The second kappa shape index (κ2) is 5.22. The van der Waals surface area contributed by atoms with Crippen LogP contribution in [0.25, 0.3) is 0 Å². The van der Waals surface area contributed by atoms with E-state index >= 15 is 0 Å². The molecule has 5 nitrogen and oxygen atoms in total. The smallest absolute Gasteiger partial charge is 0.338 e. The number of halogens is 1. The number of hydrogen-bond donors (Lipinski definition) is 2. The van der Waals surface area contributed by atoms with Gasteiger partial charge in [-0.05, 0) is 40.5 Å². The average Bonchev–Trinajstić information content (AvgIpc) is 2.79. The first-order valence-corrected chi connectivity index (χ1v) is 6.02. The third-order valence-electron chi connectivity index (χ3n) is 2.38. The zero-order valence-corrected chi connectivity index (χ0v) is 11.2. The minimum absolute atomic E-state index is 0.150. The third kappa shape index (κ3) is 2.89. The normalized spacial score (nSPS) is 10.3. The van der Waals surface area contributed by atoms with Crippen molar-refractivity contribution in [3.63, 3.8) is 0 Å². The van der Waals surface area contributed by atoms with E-state index in [1.807, 2.05) is 13.0 Å². The van der Waals surface area contributed by atoms with Crippen LogP contribution < -0.4 is 5.32 Å². The van der Waals surface area contributed by atoms with Gasteiger partial charge in [0, 0.05) is 0 Å². The molecule has 0 spiro atoms. The summed E-state index contributed by atoms with van der Waals surface area (Å²) in [6.45, 7) is 2.35. The van der Waals surface area contributed by atoms with Gasteiger partial charge in [-0.15, -0.1) is 0 Å². The molecule has 0 amide bonds. The van der Waals surface area contributed by atoms with Crippen molar-refractivity contribution in [3.05, 3.63) is 46.1 Å². The molecule has 0 radical (unpaired) electrons. The van der Waals surface area contributed by atoms with E-state index in [1.54, 1.807) is 6.20 Å². The minimum atomic E-state index is -0.994. The molecule has 0 fully saturated rings. The third-order valence-corrected chi connectivity index (χ3v) is 3.21. The van der Waals surface area contributed by atoms with Crippen LogP contribution in [0.1, 0.15) is 21.7 Å². The number of furan rings is 1. The number of hydrogen-bond acceptors (Lipinski definition) is 4. The standard InChI is InChI=1S/C12H11BrN2O3/c1-7-2-9(4-15-11(7)13)14-5-10-3-8(6-18-10)12(16)17/h2-4,6,14H,5H2,1H3,(H,16,17). The number of aromatic nitrogens is 1. The van der Waals surface area contributed by atoms with Crippen LogP contribution in [0, 0.1) is 6.92 Å². The van der Waals surface area contributed by atoms with Gasteiger partial charge in [0.15, 0.2) is 0 Å². The number of nitrogens with zero attached hydrogens (tertiary/aromatic N) is 1. The van der Waals surface area contributed by atoms with Crippen LogP contribution in [-0.2, 0) is 6.54 Å². The number of carbonyl (C=O) groups is 1. The highest BCUT2D eigenvalue weighted by atomic mass is 79.9. The van der Waals surface area contributed by atoms with Crippen molar-refractivity contribution in [2.45, 2.75) is 13.5 Å². The van der Waals surface area contributed by atoms with E-state index < -0.39 is 5.97 Å². The molecule has 2 rings (SSSR count). The lowest BCUT2D eigenvalue weighted by atomic mass is 10.3. The topological polar surface area (TPSA) is 75.4 Å². The molecule has 0 aliphatic carbocycles. The van der Waals surface area contributed by atoms with E-state index in [2.05, 4.69) is 26.2 Å². The lowest BCUT2D eigenvalue weighted by molar-refractivity contribution is 0.0696. The van der Waals surface area contributed by atoms with Crippen LogP contribution in [0.3, 0.4) is 0 Å². The molecule has 0 aliphatic rings. The quantitative estimate of drug-likeness (QED) is 0.849. The molecule has 18 heavy (non-hydrogen) atoms. The Morgan fingerprint density at radius 1 is 1.56 bits per heavy atom.